The number of rotatable bonds is 3. The van der Waals surface area contributed by atoms with Crippen LogP contribution >= 0.6 is 0 Å². The highest BCUT2D eigenvalue weighted by molar-refractivity contribution is 7.79. The molecule has 0 saturated carbocycles. The van der Waals surface area contributed by atoms with E-state index >= 15 is 0 Å². The number of aliphatic hydroxyl groups excluding tert-OH is 1. The molecule has 0 aliphatic carbocycles. The van der Waals surface area contributed by atoms with E-state index in [2.05, 4.69) is 26.1 Å². The summed E-state index contributed by atoms with van der Waals surface area (Å²) in [6.45, 7) is 8.50. The minimum Gasteiger partial charge on any atom is -0.759 e. The van der Waals surface area contributed by atoms with Crippen LogP contribution in [0.1, 0.15) is 38.0 Å². The fraction of sp³-hybridized carbons (Fsp3) is 0.538. The first-order valence-corrected chi connectivity index (χ1v) is 7.52. The number of hydrogen-bond donors (Lipinski definition) is 3. The molecule has 0 saturated heterocycles. The number of aryl methyl sites for hydroxylation is 1. The van der Waals surface area contributed by atoms with Crippen molar-refractivity contribution in [1.82, 2.24) is 5.32 Å². The van der Waals surface area contributed by atoms with Crippen molar-refractivity contribution < 1.29 is 27.7 Å². The minimum absolute atomic E-state index is 0.00700. The lowest BCUT2D eigenvalue weighted by Gasteiger charge is -2.23. The van der Waals surface area contributed by atoms with Crippen LogP contribution in [0.25, 0.3) is 0 Å². The van der Waals surface area contributed by atoms with Gasteiger partial charge in [0.05, 0.1) is 6.10 Å². The summed E-state index contributed by atoms with van der Waals surface area (Å²) in [5.74, 6) is 0.264. The normalized spacial score (nSPS) is 13.3. The number of aliphatic hydroxyl groups is 1. The van der Waals surface area contributed by atoms with E-state index in [0.717, 1.165) is 11.1 Å². The SMILES string of the molecule is Cc1cc(C(O)CNC(C)(C)C)ccc1O.O=S(=O)([O-])[O-]. The molecule has 0 heterocycles. The third-order valence-corrected chi connectivity index (χ3v) is 2.43. The molecule has 1 atom stereocenters. The fourth-order valence-electron chi connectivity index (χ4n) is 1.41. The lowest BCUT2D eigenvalue weighted by molar-refractivity contribution is 0.163. The van der Waals surface area contributed by atoms with Gasteiger partial charge in [-0.25, -0.2) is 0 Å². The Kier molecular flexibility index (Phi) is 7.28. The van der Waals surface area contributed by atoms with Gasteiger partial charge in [0.2, 0.25) is 0 Å². The van der Waals surface area contributed by atoms with Gasteiger partial charge in [-0.3, -0.25) is 8.42 Å². The second-order valence-corrected chi connectivity index (χ2v) is 6.42. The summed E-state index contributed by atoms with van der Waals surface area (Å²) in [5.41, 5.74) is 1.60. The van der Waals surface area contributed by atoms with Gasteiger partial charge >= 0.3 is 0 Å². The summed E-state index contributed by atoms with van der Waals surface area (Å²) in [5, 5.41) is 22.6. The van der Waals surface area contributed by atoms with Crippen molar-refractivity contribution in [3.63, 3.8) is 0 Å². The molecule has 21 heavy (non-hydrogen) atoms. The van der Waals surface area contributed by atoms with Crippen LogP contribution in [0.15, 0.2) is 18.2 Å². The molecule has 1 unspecified atom stereocenters. The summed E-state index contributed by atoms with van der Waals surface area (Å²) < 4.78 is 34.1. The number of benzene rings is 1. The average Bonchev–Trinajstić information content (AvgIpc) is 2.26. The maximum absolute atomic E-state index is 9.96. The Balaban J connectivity index is 0.000000690. The van der Waals surface area contributed by atoms with E-state index in [1.54, 1.807) is 12.1 Å². The highest BCUT2D eigenvalue weighted by Crippen LogP contribution is 2.21. The highest BCUT2D eigenvalue weighted by atomic mass is 32.3. The molecule has 3 N–H and O–H groups in total. The lowest BCUT2D eigenvalue weighted by Crippen LogP contribution is -2.38. The molecule has 0 bridgehead atoms. The number of phenolic OH excluding ortho intramolecular Hbond substituents is 1. The first-order valence-electron chi connectivity index (χ1n) is 6.19. The van der Waals surface area contributed by atoms with Gasteiger partial charge in [-0.05, 0) is 51.0 Å². The van der Waals surface area contributed by atoms with Gasteiger partial charge in [0.15, 0.2) is 0 Å². The van der Waals surface area contributed by atoms with E-state index in [-0.39, 0.29) is 11.3 Å². The molecule has 8 heteroatoms. The van der Waals surface area contributed by atoms with Gasteiger partial charge < -0.3 is 24.6 Å². The van der Waals surface area contributed by atoms with E-state index in [4.69, 9.17) is 17.5 Å². The van der Waals surface area contributed by atoms with Gasteiger partial charge in [-0.1, -0.05) is 6.07 Å². The van der Waals surface area contributed by atoms with Crippen LogP contribution < -0.4 is 5.32 Å². The van der Waals surface area contributed by atoms with Crippen LogP contribution in [0.2, 0.25) is 0 Å². The summed E-state index contributed by atoms with van der Waals surface area (Å²) in [7, 11) is -5.17. The number of hydrogen-bond acceptors (Lipinski definition) is 7. The first-order chi connectivity index (χ1) is 9.29. The monoisotopic (exact) mass is 319 g/mol. The maximum atomic E-state index is 9.96. The van der Waals surface area contributed by atoms with Crippen molar-refractivity contribution in [2.75, 3.05) is 6.54 Å². The van der Waals surface area contributed by atoms with E-state index in [9.17, 15) is 10.2 Å². The molecule has 0 radical (unpaired) electrons. The van der Waals surface area contributed by atoms with Crippen molar-refractivity contribution in [3.05, 3.63) is 29.3 Å². The third-order valence-electron chi connectivity index (χ3n) is 2.43. The molecule has 0 aliphatic rings. The predicted octanol–water partition coefficient (Wildman–Crippen LogP) is 0.784. The van der Waals surface area contributed by atoms with Crippen molar-refractivity contribution in [2.24, 2.45) is 0 Å². The molecular formula is C13H21NO6S-2. The van der Waals surface area contributed by atoms with Gasteiger partial charge in [-0.15, -0.1) is 0 Å². The molecule has 1 rings (SSSR count). The number of β-amino-alcohol motifs (C(OH)–C–C–N with tert-alkyl or cyclic N) is 1. The summed E-state index contributed by atoms with van der Waals surface area (Å²) in [6, 6.07) is 5.17. The summed E-state index contributed by atoms with van der Waals surface area (Å²) in [4.78, 5) is 0. The van der Waals surface area contributed by atoms with Crippen LogP contribution in [0.4, 0.5) is 0 Å². The van der Waals surface area contributed by atoms with Gasteiger partial charge in [0.25, 0.3) is 0 Å². The number of nitrogens with one attached hydrogen (secondary N) is 1. The van der Waals surface area contributed by atoms with Crippen molar-refractivity contribution in [3.8, 4) is 5.75 Å². The number of phenols is 1. The molecule has 122 valence electrons. The van der Waals surface area contributed by atoms with E-state index in [1.807, 2.05) is 13.0 Å². The standard InChI is InChI=1S/C13H21NO2.H2O4S/c1-9-7-10(5-6-11(9)15)12(16)8-14-13(2,3)4;1-5(2,3)4/h5-7,12,14-16H,8H2,1-4H3;(H2,1,2,3,4)/p-2. The van der Waals surface area contributed by atoms with Gasteiger partial charge in [0.1, 0.15) is 5.75 Å². The first kappa shape index (κ1) is 19.8. The Hall–Kier alpha value is -1.19. The molecule has 0 fully saturated rings. The number of aromatic hydroxyl groups is 1. The largest absolute Gasteiger partial charge is 0.759 e. The van der Waals surface area contributed by atoms with E-state index in [0.29, 0.717) is 6.54 Å². The van der Waals surface area contributed by atoms with Gasteiger partial charge in [0, 0.05) is 22.5 Å². The van der Waals surface area contributed by atoms with Gasteiger partial charge in [-0.2, -0.15) is 0 Å². The van der Waals surface area contributed by atoms with Crippen molar-refractivity contribution in [1.29, 1.82) is 0 Å². The fourth-order valence-corrected chi connectivity index (χ4v) is 1.41. The molecule has 0 spiro atoms. The van der Waals surface area contributed by atoms with E-state index < -0.39 is 16.5 Å². The Labute approximate surface area is 125 Å². The zero-order chi connectivity index (χ0) is 16.8. The zero-order valence-corrected chi connectivity index (χ0v) is 13.3. The van der Waals surface area contributed by atoms with Crippen LogP contribution in [0.5, 0.6) is 5.75 Å². The Morgan fingerprint density at radius 3 is 2.14 bits per heavy atom. The molecule has 7 nitrogen and oxygen atoms in total. The van der Waals surface area contributed by atoms with E-state index in [1.165, 1.54) is 0 Å². The van der Waals surface area contributed by atoms with Crippen LogP contribution in [0.3, 0.4) is 0 Å². The quantitative estimate of drug-likeness (QED) is 0.554. The molecule has 1 aromatic carbocycles. The minimum atomic E-state index is -5.17. The second kappa shape index (κ2) is 7.71. The second-order valence-electron chi connectivity index (χ2n) is 5.60. The van der Waals surface area contributed by atoms with Crippen LogP contribution in [-0.4, -0.2) is 39.8 Å². The molecule has 1 aromatic rings. The van der Waals surface area contributed by atoms with Crippen LogP contribution in [-0.2, 0) is 10.4 Å². The Bertz CT molecular complexity index is 542. The Morgan fingerprint density at radius 2 is 1.76 bits per heavy atom. The Morgan fingerprint density at radius 1 is 1.29 bits per heavy atom. The predicted molar refractivity (Wildman–Crippen MR) is 76.0 cm³/mol. The van der Waals surface area contributed by atoms with Crippen molar-refractivity contribution >= 4 is 10.4 Å². The molecular weight excluding hydrogens is 298 g/mol. The highest BCUT2D eigenvalue weighted by Gasteiger charge is 2.14. The van der Waals surface area contributed by atoms with Crippen LogP contribution in [0, 0.1) is 6.92 Å². The topological polar surface area (TPSA) is 133 Å². The average molecular weight is 319 g/mol. The molecule has 0 amide bonds. The van der Waals surface area contributed by atoms with Crippen molar-refractivity contribution in [2.45, 2.75) is 39.3 Å². The zero-order valence-electron chi connectivity index (χ0n) is 12.5. The lowest BCUT2D eigenvalue weighted by atomic mass is 10.0. The summed E-state index contributed by atoms with van der Waals surface area (Å²) in [6.07, 6.45) is -0.543. The third kappa shape index (κ3) is 11.2. The summed E-state index contributed by atoms with van der Waals surface area (Å²) >= 11 is 0. The maximum Gasteiger partial charge on any atom is 0.118 e. The molecule has 0 aliphatic heterocycles. The molecule has 0 aromatic heterocycles. The smallest absolute Gasteiger partial charge is 0.118 e.